The molecule has 0 aromatic rings. The summed E-state index contributed by atoms with van der Waals surface area (Å²) in [6.45, 7) is 7.32. The molecule has 4 aliphatic rings. The third-order valence-corrected chi connectivity index (χ3v) is 15.6. The molecule has 3 N–H and O–H groups in total. The Balaban J connectivity index is -0.000000918. The van der Waals surface area contributed by atoms with Gasteiger partial charge < -0.3 is 40.7 Å². The Hall–Kier alpha value is 0.153. The van der Waals surface area contributed by atoms with Crippen LogP contribution in [-0.4, -0.2) is 128 Å². The molecule has 0 radical (unpaired) electrons. The summed E-state index contributed by atoms with van der Waals surface area (Å²) in [5.41, 5.74) is -0.814. The third-order valence-electron chi connectivity index (χ3n) is 9.46. The number of carbonyl (C=O) groups is 9. The number of ether oxygens (including phenoxy) is 3. The third kappa shape index (κ3) is 31.2. The van der Waals surface area contributed by atoms with E-state index >= 15 is 0 Å². The van der Waals surface area contributed by atoms with Gasteiger partial charge in [-0.15, -0.1) is 0 Å². The molecule has 6 atom stereocenters. The van der Waals surface area contributed by atoms with Crippen LogP contribution in [0.25, 0.3) is 0 Å². The van der Waals surface area contributed by atoms with E-state index in [0.29, 0.717) is 56.9 Å². The van der Waals surface area contributed by atoms with Crippen molar-refractivity contribution in [2.24, 2.45) is 0 Å². The molecule has 4 rings (SSSR count). The van der Waals surface area contributed by atoms with Gasteiger partial charge in [0.05, 0.1) is 0 Å². The number of amides is 6. The molecule has 65 heavy (non-hydrogen) atoms. The second-order valence-corrected chi connectivity index (χ2v) is 20.5. The van der Waals surface area contributed by atoms with Crippen LogP contribution < -0.4 is 119 Å². The first kappa shape index (κ1) is 67.2. The van der Waals surface area contributed by atoms with E-state index in [4.69, 9.17) is 36.2 Å². The average molecular weight is 1070 g/mol. The van der Waals surface area contributed by atoms with Crippen LogP contribution in [0.4, 0.5) is 9.59 Å². The van der Waals surface area contributed by atoms with E-state index < -0.39 is 59.9 Å². The van der Waals surface area contributed by atoms with Crippen molar-refractivity contribution in [3.8, 4) is 0 Å². The Morgan fingerprint density at radius 1 is 0.785 bits per heavy atom. The summed E-state index contributed by atoms with van der Waals surface area (Å²) in [5.74, 6) is 0.106. The summed E-state index contributed by atoms with van der Waals surface area (Å²) in [4.78, 5) is 107. The first-order chi connectivity index (χ1) is 30.1. The number of nitrogens with one attached hydrogen (secondary N) is 2. The zero-order valence-electron chi connectivity index (χ0n) is 39.3. The number of esters is 1. The van der Waals surface area contributed by atoms with Crippen LogP contribution >= 0.6 is 54.8 Å². The number of carboxylic acids is 1. The monoisotopic (exact) mass is 1070 g/mol. The van der Waals surface area contributed by atoms with Gasteiger partial charge in [-0.2, -0.15) is 0 Å². The second-order valence-electron chi connectivity index (χ2n) is 14.4. The minimum Gasteiger partial charge on any atom is -1.00 e. The normalized spacial score (nSPS) is 19.0. The Labute approximate surface area is 489 Å². The van der Waals surface area contributed by atoms with Crippen LogP contribution in [0.2, 0.25) is 0 Å². The van der Waals surface area contributed by atoms with Gasteiger partial charge in [0, 0.05) is 67.7 Å². The van der Waals surface area contributed by atoms with Crippen LogP contribution in [0.3, 0.4) is 0 Å². The molecule has 0 aromatic carbocycles. The first-order valence-electron chi connectivity index (χ1n) is 21.0. The van der Waals surface area contributed by atoms with Crippen molar-refractivity contribution in [1.82, 2.24) is 20.4 Å². The zero-order chi connectivity index (χ0) is 47.2. The zero-order valence-corrected chi connectivity index (χ0v) is 48.5. The molecular formula is C39H63ClK2N4O15S4. The number of imide groups is 2. The van der Waals surface area contributed by atoms with Crippen LogP contribution in [0.5, 0.6) is 0 Å². The number of hydrogen-bond donors (Lipinski definition) is 3. The predicted octanol–water partition coefficient (Wildman–Crippen LogP) is -0.191. The Morgan fingerprint density at radius 2 is 1.22 bits per heavy atom. The molecule has 362 valence electrons. The summed E-state index contributed by atoms with van der Waals surface area (Å²) in [7, 11) is 7.74. The molecular weight excluding hydrogens is 1010 g/mol. The van der Waals surface area contributed by atoms with Gasteiger partial charge in [0.15, 0.2) is 5.56 Å². The van der Waals surface area contributed by atoms with Crippen LogP contribution in [0, 0.1) is 0 Å². The fourth-order valence-corrected chi connectivity index (χ4v) is 12.6. The van der Waals surface area contributed by atoms with Crippen LogP contribution in [0.15, 0.2) is 0 Å². The summed E-state index contributed by atoms with van der Waals surface area (Å²) in [6, 6.07) is -1.33. The number of carbonyl (C=O) groups excluding carboxylic acids is 8. The van der Waals surface area contributed by atoms with E-state index in [1.807, 2.05) is 43.2 Å². The quantitative estimate of drug-likeness (QED) is 0.0164. The maximum absolute atomic E-state index is 12.3. The minimum atomic E-state index is -1.09. The van der Waals surface area contributed by atoms with Crippen molar-refractivity contribution in [3.05, 3.63) is 0 Å². The van der Waals surface area contributed by atoms with Crippen molar-refractivity contribution >= 4 is 109 Å². The molecule has 0 bridgehead atoms. The van der Waals surface area contributed by atoms with E-state index in [1.165, 1.54) is 54.4 Å². The number of likely N-dealkylation sites (tertiary alicyclic amines) is 2. The fraction of sp³-hybridized carbons (Fsp3) is 0.769. The van der Waals surface area contributed by atoms with Gasteiger partial charge >= 0.3 is 127 Å². The van der Waals surface area contributed by atoms with Gasteiger partial charge in [-0.05, 0) is 71.1 Å². The van der Waals surface area contributed by atoms with Crippen molar-refractivity contribution in [3.63, 3.8) is 0 Å². The van der Waals surface area contributed by atoms with Crippen molar-refractivity contribution < 1.29 is 177 Å². The predicted molar refractivity (Wildman–Crippen MR) is 240 cm³/mol. The van der Waals surface area contributed by atoms with Crippen LogP contribution in [-0.2, 0) is 52.7 Å². The molecule has 4 heterocycles. The molecule has 0 aliphatic carbocycles. The van der Waals surface area contributed by atoms with Crippen molar-refractivity contribution in [2.75, 3.05) is 24.6 Å². The molecule has 0 aromatic heterocycles. The second kappa shape index (κ2) is 40.8. The SMILES string of the molecule is CC[C@@H](C(=O)NC(=O)OC(C)Cl)N1CCCC1=O.CC[C@@H](C(=O)NC(=O)OC(C)OC(=O)CCCC[C@@H]1CCSS1)N1CCCC1=O.O=C(O)CCCC[C@@H]1CCSS1.O=CO[O-].[H-].[K+].[K+]. The number of hydrogen-bond acceptors (Lipinski definition) is 18. The summed E-state index contributed by atoms with van der Waals surface area (Å²) >= 11 is 5.46. The number of alkyl carbamates (subject to hydrolysis) is 2. The molecule has 2 unspecified atom stereocenters. The van der Waals surface area contributed by atoms with E-state index in [2.05, 4.69) is 20.3 Å². The van der Waals surface area contributed by atoms with Gasteiger partial charge in [-0.25, -0.2) is 9.59 Å². The van der Waals surface area contributed by atoms with Crippen molar-refractivity contribution in [2.45, 2.75) is 165 Å². The largest absolute Gasteiger partial charge is 1.00 e. The molecule has 19 nitrogen and oxygen atoms in total. The fourth-order valence-electron chi connectivity index (χ4n) is 6.50. The molecule has 4 saturated heterocycles. The Kier molecular flexibility index (Phi) is 42.2. The number of rotatable bonds is 20. The standard InChI is InChI=1S/C19H30N2O6S2.C11H17ClN2O4.C8H14O2S2.CH2O3.2K.H/c1-3-15(21-11-6-8-16(21)22)18(24)20-19(25)27-13(2)26-17(23)9-5-4-7-14-10-12-28-29-14;1-3-8(14-6-4-5-9(14)15)10(16)13-11(17)18-7(2)12;9-8(10)4-2-1-3-7-5-6-11-12-7;2-1-4-3;;;/h13-15H,3-12H2,1-2H3,(H,20,24,25);7-8H,3-6H2,1-2H3,(H,13,16,17);7H,1-6H2,(H,9,10);1,3H;;;/q;;;;2*+1;-1/p-1/t13?,14-,15+;7?,8-;7-;;;;/m101..../s1. The van der Waals surface area contributed by atoms with Gasteiger partial charge in [0.2, 0.25) is 18.1 Å². The average Bonchev–Trinajstić information content (AvgIpc) is 4.07. The van der Waals surface area contributed by atoms with Gasteiger partial charge in [-0.1, -0.05) is 81.5 Å². The number of carboxylic acid groups (broad SMARTS) is 1. The number of unbranched alkanes of at least 4 members (excludes halogenated alkanes) is 2. The first-order valence-corrected chi connectivity index (χ1v) is 26.2. The van der Waals surface area contributed by atoms with E-state index in [-0.39, 0.29) is 129 Å². The minimum absolute atomic E-state index is 0. The van der Waals surface area contributed by atoms with E-state index in [1.54, 1.807) is 13.8 Å². The number of aliphatic carboxylic acids is 1. The smallest absolute Gasteiger partial charge is 1.00 e. The van der Waals surface area contributed by atoms with Crippen molar-refractivity contribution in [1.29, 1.82) is 0 Å². The number of nitrogens with zero attached hydrogens (tertiary/aromatic N) is 2. The van der Waals surface area contributed by atoms with Crippen LogP contribution in [0.1, 0.15) is 132 Å². The maximum Gasteiger partial charge on any atom is 1.00 e. The summed E-state index contributed by atoms with van der Waals surface area (Å²) in [6.07, 6.45) is 9.24. The number of halogens is 1. The van der Waals surface area contributed by atoms with E-state index in [9.17, 15) is 38.4 Å². The molecule has 26 heteroatoms. The van der Waals surface area contributed by atoms with E-state index in [0.717, 1.165) is 43.8 Å². The molecule has 6 amide bonds. The molecule has 4 aliphatic heterocycles. The van der Waals surface area contributed by atoms with Gasteiger partial charge in [0.1, 0.15) is 12.1 Å². The van der Waals surface area contributed by atoms with Gasteiger partial charge in [0.25, 0.3) is 18.3 Å². The summed E-state index contributed by atoms with van der Waals surface area (Å²) < 4.78 is 14.6. The summed E-state index contributed by atoms with van der Waals surface area (Å²) in [5, 5.41) is 22.5. The molecule has 0 saturated carbocycles. The Morgan fingerprint density at radius 3 is 1.55 bits per heavy atom. The van der Waals surface area contributed by atoms with Gasteiger partial charge in [-0.3, -0.25) is 44.2 Å². The maximum atomic E-state index is 12.3. The Bertz CT molecular complexity index is 1480. The topological polar surface area (TPSA) is 264 Å². The number of alkyl halides is 1. The molecule has 4 fully saturated rings. The molecule has 0 spiro atoms.